The van der Waals surface area contributed by atoms with Crippen LogP contribution in [0, 0.1) is 5.41 Å². The van der Waals surface area contributed by atoms with Crippen LogP contribution >= 0.6 is 0 Å². The molecule has 0 aromatic heterocycles. The molecule has 112 valence electrons. The second kappa shape index (κ2) is 8.54. The normalized spacial score (nSPS) is 19.8. The second-order valence-electron chi connectivity index (χ2n) is 6.34. The molecule has 1 unspecified atom stereocenters. The van der Waals surface area contributed by atoms with Crippen molar-refractivity contribution < 1.29 is 14.6 Å². The molecule has 0 bridgehead atoms. The molecule has 1 aliphatic heterocycles. The molecule has 2 N–H and O–H groups in total. The van der Waals surface area contributed by atoms with Crippen molar-refractivity contribution in [3.8, 4) is 0 Å². The second-order valence-corrected chi connectivity index (χ2v) is 6.34. The fourth-order valence-corrected chi connectivity index (χ4v) is 2.45. The monoisotopic (exact) mass is 271 g/mol. The van der Waals surface area contributed by atoms with E-state index < -0.39 is 5.97 Å². The largest absolute Gasteiger partial charge is 0.481 e. The standard InChI is InChI=1S/C15H29NO3/c1-15(2,8-7-14(17)18)9-11-16-10-3-5-13-6-4-12-19-13/h13,16H,3-12H2,1-2H3,(H,17,18). The van der Waals surface area contributed by atoms with Gasteiger partial charge < -0.3 is 15.2 Å². The zero-order valence-electron chi connectivity index (χ0n) is 12.4. The maximum atomic E-state index is 10.6. The van der Waals surface area contributed by atoms with Gasteiger partial charge >= 0.3 is 5.97 Å². The van der Waals surface area contributed by atoms with Gasteiger partial charge in [-0.1, -0.05) is 13.8 Å². The van der Waals surface area contributed by atoms with Crippen LogP contribution in [-0.4, -0.2) is 36.9 Å². The summed E-state index contributed by atoms with van der Waals surface area (Å²) in [4.78, 5) is 10.6. The lowest BCUT2D eigenvalue weighted by atomic mass is 9.84. The average Bonchev–Trinajstić information content (AvgIpc) is 2.84. The summed E-state index contributed by atoms with van der Waals surface area (Å²) >= 11 is 0. The van der Waals surface area contributed by atoms with Crippen LogP contribution in [0.2, 0.25) is 0 Å². The molecule has 0 saturated carbocycles. The molecule has 1 atom stereocenters. The summed E-state index contributed by atoms with van der Waals surface area (Å²) in [6.45, 7) is 7.23. The van der Waals surface area contributed by atoms with Crippen molar-refractivity contribution >= 4 is 5.97 Å². The predicted molar refractivity (Wildman–Crippen MR) is 76.3 cm³/mol. The average molecular weight is 271 g/mol. The van der Waals surface area contributed by atoms with E-state index in [0.717, 1.165) is 39.0 Å². The van der Waals surface area contributed by atoms with Gasteiger partial charge in [0.15, 0.2) is 0 Å². The van der Waals surface area contributed by atoms with Gasteiger partial charge in [-0.2, -0.15) is 0 Å². The number of hydrogen-bond acceptors (Lipinski definition) is 3. The highest BCUT2D eigenvalue weighted by Crippen LogP contribution is 2.26. The highest BCUT2D eigenvalue weighted by Gasteiger charge is 2.18. The van der Waals surface area contributed by atoms with E-state index in [4.69, 9.17) is 9.84 Å². The molecule has 19 heavy (non-hydrogen) atoms. The van der Waals surface area contributed by atoms with E-state index in [2.05, 4.69) is 19.2 Å². The zero-order valence-corrected chi connectivity index (χ0v) is 12.4. The number of nitrogens with one attached hydrogen (secondary N) is 1. The first kappa shape index (κ1) is 16.4. The summed E-state index contributed by atoms with van der Waals surface area (Å²) in [5, 5.41) is 12.1. The predicted octanol–water partition coefficient (Wildman–Crippen LogP) is 2.82. The molecule has 1 heterocycles. The van der Waals surface area contributed by atoms with Crippen molar-refractivity contribution in [1.29, 1.82) is 0 Å². The molecule has 1 saturated heterocycles. The van der Waals surface area contributed by atoms with Gasteiger partial charge in [0.25, 0.3) is 0 Å². The van der Waals surface area contributed by atoms with Crippen LogP contribution in [0.25, 0.3) is 0 Å². The van der Waals surface area contributed by atoms with Crippen LogP contribution in [0.1, 0.15) is 58.8 Å². The number of hydrogen-bond donors (Lipinski definition) is 2. The lowest BCUT2D eigenvalue weighted by Crippen LogP contribution is -2.24. The van der Waals surface area contributed by atoms with Crippen LogP contribution in [-0.2, 0) is 9.53 Å². The van der Waals surface area contributed by atoms with Gasteiger partial charge in [-0.15, -0.1) is 0 Å². The summed E-state index contributed by atoms with van der Waals surface area (Å²) in [7, 11) is 0. The Kier molecular flexibility index (Phi) is 7.39. The van der Waals surface area contributed by atoms with E-state index in [-0.39, 0.29) is 11.8 Å². The molecule has 4 heteroatoms. The van der Waals surface area contributed by atoms with Crippen molar-refractivity contribution in [3.05, 3.63) is 0 Å². The molecular formula is C15H29NO3. The molecule has 0 aromatic carbocycles. The van der Waals surface area contributed by atoms with Gasteiger partial charge in [-0.3, -0.25) is 4.79 Å². The molecule has 0 aromatic rings. The first-order valence-electron chi connectivity index (χ1n) is 7.54. The zero-order chi connectivity index (χ0) is 14.1. The first-order valence-corrected chi connectivity index (χ1v) is 7.54. The Hall–Kier alpha value is -0.610. The summed E-state index contributed by atoms with van der Waals surface area (Å²) < 4.78 is 5.58. The fraction of sp³-hybridized carbons (Fsp3) is 0.933. The SMILES string of the molecule is CC(C)(CCNCCCC1CCCO1)CCC(=O)O. The van der Waals surface area contributed by atoms with E-state index in [0.29, 0.717) is 6.10 Å². The van der Waals surface area contributed by atoms with Crippen molar-refractivity contribution in [1.82, 2.24) is 5.32 Å². The number of ether oxygens (including phenoxy) is 1. The molecule has 4 nitrogen and oxygen atoms in total. The minimum absolute atomic E-state index is 0.111. The smallest absolute Gasteiger partial charge is 0.303 e. The molecule has 0 aliphatic carbocycles. The number of rotatable bonds is 10. The Bertz CT molecular complexity index is 260. The Morgan fingerprint density at radius 3 is 2.79 bits per heavy atom. The first-order chi connectivity index (χ1) is 8.99. The van der Waals surface area contributed by atoms with Crippen molar-refractivity contribution in [2.24, 2.45) is 5.41 Å². The molecular weight excluding hydrogens is 242 g/mol. The van der Waals surface area contributed by atoms with Crippen LogP contribution in [0.5, 0.6) is 0 Å². The number of carbonyl (C=O) groups is 1. The number of aliphatic carboxylic acids is 1. The topological polar surface area (TPSA) is 58.6 Å². The minimum Gasteiger partial charge on any atom is -0.481 e. The minimum atomic E-state index is -0.697. The van der Waals surface area contributed by atoms with Crippen LogP contribution in [0.4, 0.5) is 0 Å². The van der Waals surface area contributed by atoms with Gasteiger partial charge in [-0.05, 0) is 57.0 Å². The van der Waals surface area contributed by atoms with Crippen molar-refractivity contribution in [3.63, 3.8) is 0 Å². The van der Waals surface area contributed by atoms with E-state index in [1.54, 1.807) is 0 Å². The van der Waals surface area contributed by atoms with Crippen molar-refractivity contribution in [2.45, 2.75) is 64.9 Å². The van der Waals surface area contributed by atoms with Gasteiger partial charge in [0, 0.05) is 13.0 Å². The molecule has 0 amide bonds. The third-order valence-corrected chi connectivity index (χ3v) is 3.90. The highest BCUT2D eigenvalue weighted by molar-refractivity contribution is 5.66. The lowest BCUT2D eigenvalue weighted by molar-refractivity contribution is -0.137. The van der Waals surface area contributed by atoms with Crippen LogP contribution in [0.15, 0.2) is 0 Å². The maximum Gasteiger partial charge on any atom is 0.303 e. The van der Waals surface area contributed by atoms with Crippen molar-refractivity contribution in [2.75, 3.05) is 19.7 Å². The number of carboxylic acids is 1. The molecule has 0 spiro atoms. The molecule has 1 aliphatic rings. The van der Waals surface area contributed by atoms with Crippen LogP contribution in [0.3, 0.4) is 0 Å². The molecule has 1 rings (SSSR count). The van der Waals surface area contributed by atoms with Crippen LogP contribution < -0.4 is 5.32 Å². The Balaban J connectivity index is 1.95. The summed E-state index contributed by atoms with van der Waals surface area (Å²) in [5.74, 6) is -0.697. The lowest BCUT2D eigenvalue weighted by Gasteiger charge is -2.24. The van der Waals surface area contributed by atoms with Gasteiger partial charge in [0.1, 0.15) is 0 Å². The van der Waals surface area contributed by atoms with Gasteiger partial charge in [0.2, 0.25) is 0 Å². The van der Waals surface area contributed by atoms with E-state index in [9.17, 15) is 4.79 Å². The third kappa shape index (κ3) is 8.22. The summed E-state index contributed by atoms with van der Waals surface area (Å²) in [6, 6.07) is 0. The molecule has 1 fully saturated rings. The van der Waals surface area contributed by atoms with E-state index in [1.807, 2.05) is 0 Å². The number of carboxylic acid groups (broad SMARTS) is 1. The Morgan fingerprint density at radius 1 is 1.37 bits per heavy atom. The maximum absolute atomic E-state index is 10.6. The molecule has 0 radical (unpaired) electrons. The van der Waals surface area contributed by atoms with E-state index in [1.165, 1.54) is 19.3 Å². The fourth-order valence-electron chi connectivity index (χ4n) is 2.45. The van der Waals surface area contributed by atoms with E-state index >= 15 is 0 Å². The summed E-state index contributed by atoms with van der Waals surface area (Å²) in [6.07, 6.45) is 7.31. The third-order valence-electron chi connectivity index (χ3n) is 3.90. The quantitative estimate of drug-likeness (QED) is 0.600. The highest BCUT2D eigenvalue weighted by atomic mass is 16.5. The summed E-state index contributed by atoms with van der Waals surface area (Å²) in [5.41, 5.74) is 0.111. The Morgan fingerprint density at radius 2 is 2.16 bits per heavy atom. The van der Waals surface area contributed by atoms with Gasteiger partial charge in [0.05, 0.1) is 6.10 Å². The van der Waals surface area contributed by atoms with Gasteiger partial charge in [-0.25, -0.2) is 0 Å². The Labute approximate surface area is 116 Å².